The second-order valence-electron chi connectivity index (χ2n) is 7.37. The van der Waals surface area contributed by atoms with Gasteiger partial charge in [-0.05, 0) is 18.9 Å². The predicted octanol–water partition coefficient (Wildman–Crippen LogP) is 3.35. The quantitative estimate of drug-likeness (QED) is 0.711. The molecule has 3 rings (SSSR count). The molecule has 1 amide bonds. The van der Waals surface area contributed by atoms with Gasteiger partial charge in [0.15, 0.2) is 0 Å². The number of amides is 1. The van der Waals surface area contributed by atoms with Gasteiger partial charge in [0.05, 0.1) is 0 Å². The Balaban J connectivity index is 1.55. The first-order chi connectivity index (χ1) is 13.7. The molecule has 0 atom stereocenters. The minimum absolute atomic E-state index is 0.00136. The Hall–Kier alpha value is -2.47. The van der Waals surface area contributed by atoms with Gasteiger partial charge < -0.3 is 10.2 Å². The molecule has 0 unspecified atom stereocenters. The Morgan fingerprint density at radius 1 is 1.07 bits per heavy atom. The van der Waals surface area contributed by atoms with Gasteiger partial charge in [0.1, 0.15) is 17.3 Å². The summed E-state index contributed by atoms with van der Waals surface area (Å²) in [5, 5.41) is 3.32. The Morgan fingerprint density at radius 2 is 1.82 bits per heavy atom. The number of anilines is 1. The van der Waals surface area contributed by atoms with Crippen molar-refractivity contribution in [3.05, 3.63) is 53.5 Å². The molecular weight excluding hydrogens is 350 g/mol. The number of rotatable bonds is 8. The highest BCUT2D eigenvalue weighted by molar-refractivity contribution is 5.93. The molecule has 1 fully saturated rings. The Kier molecular flexibility index (Phi) is 7.37. The summed E-state index contributed by atoms with van der Waals surface area (Å²) in [5.41, 5.74) is 1.80. The number of nitrogens with zero attached hydrogens (tertiary/aromatic N) is 4. The van der Waals surface area contributed by atoms with Crippen molar-refractivity contribution in [3.63, 3.8) is 0 Å². The molecule has 6 heteroatoms. The standard InChI is InChI=1S/C22H31N5O/c1-3-4-8-11-23-21-16-20(24-18(2)25-21)22(28)27-14-12-26(13-15-27)17-19-9-6-5-7-10-19/h5-7,9-10,16H,3-4,8,11-15,17H2,1-2H3,(H,23,24,25). The molecular formula is C22H31N5O. The normalized spacial score (nSPS) is 14.9. The third-order valence-electron chi connectivity index (χ3n) is 5.05. The molecule has 1 aromatic carbocycles. The van der Waals surface area contributed by atoms with Gasteiger partial charge in [0.25, 0.3) is 5.91 Å². The molecule has 150 valence electrons. The number of aryl methyl sites for hydroxylation is 1. The molecule has 0 bridgehead atoms. The summed E-state index contributed by atoms with van der Waals surface area (Å²) in [5.74, 6) is 1.38. The van der Waals surface area contributed by atoms with Crippen LogP contribution in [0.5, 0.6) is 0 Å². The fourth-order valence-corrected chi connectivity index (χ4v) is 3.47. The fraction of sp³-hybridized carbons (Fsp3) is 0.500. The summed E-state index contributed by atoms with van der Waals surface area (Å²) in [6.45, 7) is 9.05. The van der Waals surface area contributed by atoms with Crippen LogP contribution in [0.15, 0.2) is 36.4 Å². The van der Waals surface area contributed by atoms with Crippen LogP contribution in [0.2, 0.25) is 0 Å². The van der Waals surface area contributed by atoms with Crippen molar-refractivity contribution in [2.45, 2.75) is 39.7 Å². The summed E-state index contributed by atoms with van der Waals surface area (Å²) in [6, 6.07) is 12.3. The highest BCUT2D eigenvalue weighted by Crippen LogP contribution is 2.13. The van der Waals surface area contributed by atoms with Gasteiger partial charge in [-0.25, -0.2) is 9.97 Å². The molecule has 6 nitrogen and oxygen atoms in total. The smallest absolute Gasteiger partial charge is 0.272 e. The first-order valence-corrected chi connectivity index (χ1v) is 10.3. The van der Waals surface area contributed by atoms with Gasteiger partial charge in [0.2, 0.25) is 0 Å². The van der Waals surface area contributed by atoms with Crippen LogP contribution in [-0.4, -0.2) is 58.4 Å². The van der Waals surface area contributed by atoms with Crippen molar-refractivity contribution in [1.82, 2.24) is 19.8 Å². The van der Waals surface area contributed by atoms with Crippen LogP contribution in [0.25, 0.3) is 0 Å². The first kappa shape index (κ1) is 20.3. The van der Waals surface area contributed by atoms with E-state index in [9.17, 15) is 4.79 Å². The van der Waals surface area contributed by atoms with Crippen molar-refractivity contribution in [2.75, 3.05) is 38.0 Å². The minimum Gasteiger partial charge on any atom is -0.370 e. The van der Waals surface area contributed by atoms with Crippen molar-refractivity contribution < 1.29 is 4.79 Å². The van der Waals surface area contributed by atoms with Gasteiger partial charge in [-0.1, -0.05) is 50.1 Å². The first-order valence-electron chi connectivity index (χ1n) is 10.3. The molecule has 28 heavy (non-hydrogen) atoms. The molecule has 2 aromatic rings. The highest BCUT2D eigenvalue weighted by atomic mass is 16.2. The Bertz CT molecular complexity index is 757. The molecule has 1 aliphatic heterocycles. The largest absolute Gasteiger partial charge is 0.370 e. The molecule has 0 aliphatic carbocycles. The van der Waals surface area contributed by atoms with E-state index in [1.807, 2.05) is 17.9 Å². The SMILES string of the molecule is CCCCCNc1cc(C(=O)N2CCN(Cc3ccccc3)CC2)nc(C)n1. The number of piperazine rings is 1. The molecule has 0 saturated carbocycles. The van der Waals surface area contributed by atoms with Crippen molar-refractivity contribution in [2.24, 2.45) is 0 Å². The van der Waals surface area contributed by atoms with E-state index in [-0.39, 0.29) is 5.91 Å². The van der Waals surface area contributed by atoms with E-state index in [0.29, 0.717) is 11.5 Å². The number of carbonyl (C=O) groups is 1. The van der Waals surface area contributed by atoms with Gasteiger partial charge in [0, 0.05) is 45.3 Å². The van der Waals surface area contributed by atoms with E-state index < -0.39 is 0 Å². The number of hydrogen-bond acceptors (Lipinski definition) is 5. The number of hydrogen-bond donors (Lipinski definition) is 1. The van der Waals surface area contributed by atoms with E-state index in [2.05, 4.69) is 51.4 Å². The van der Waals surface area contributed by atoms with E-state index in [4.69, 9.17) is 0 Å². The summed E-state index contributed by atoms with van der Waals surface area (Å²) in [4.78, 5) is 26.0. The average molecular weight is 382 g/mol. The van der Waals surface area contributed by atoms with Crippen LogP contribution < -0.4 is 5.32 Å². The van der Waals surface area contributed by atoms with Crippen molar-refractivity contribution in [1.29, 1.82) is 0 Å². The second kappa shape index (κ2) is 10.2. The number of carbonyl (C=O) groups excluding carboxylic acids is 1. The number of unbranched alkanes of at least 4 members (excludes halogenated alkanes) is 2. The summed E-state index contributed by atoms with van der Waals surface area (Å²) < 4.78 is 0. The third kappa shape index (κ3) is 5.76. The third-order valence-corrected chi connectivity index (χ3v) is 5.05. The average Bonchev–Trinajstić information content (AvgIpc) is 2.72. The summed E-state index contributed by atoms with van der Waals surface area (Å²) in [6.07, 6.45) is 3.48. The number of nitrogens with one attached hydrogen (secondary N) is 1. The summed E-state index contributed by atoms with van der Waals surface area (Å²) >= 11 is 0. The lowest BCUT2D eigenvalue weighted by Crippen LogP contribution is -2.48. The lowest BCUT2D eigenvalue weighted by Gasteiger charge is -2.34. The van der Waals surface area contributed by atoms with Crippen LogP contribution >= 0.6 is 0 Å². The maximum Gasteiger partial charge on any atom is 0.272 e. The van der Waals surface area contributed by atoms with Crippen LogP contribution in [-0.2, 0) is 6.54 Å². The van der Waals surface area contributed by atoms with E-state index in [0.717, 1.165) is 51.5 Å². The zero-order valence-electron chi connectivity index (χ0n) is 17.0. The maximum absolute atomic E-state index is 12.9. The zero-order chi connectivity index (χ0) is 19.8. The molecule has 1 N–H and O–H groups in total. The topological polar surface area (TPSA) is 61.4 Å². The van der Waals surface area contributed by atoms with Gasteiger partial charge in [-0.3, -0.25) is 9.69 Å². The molecule has 2 heterocycles. The zero-order valence-corrected chi connectivity index (χ0v) is 17.0. The van der Waals surface area contributed by atoms with Crippen LogP contribution in [0.4, 0.5) is 5.82 Å². The van der Waals surface area contributed by atoms with Crippen LogP contribution in [0.1, 0.15) is 48.1 Å². The molecule has 1 saturated heterocycles. The second-order valence-corrected chi connectivity index (χ2v) is 7.37. The fourth-order valence-electron chi connectivity index (χ4n) is 3.47. The molecule has 0 spiro atoms. The number of benzene rings is 1. The van der Waals surface area contributed by atoms with Crippen LogP contribution in [0, 0.1) is 6.92 Å². The Morgan fingerprint density at radius 3 is 2.54 bits per heavy atom. The van der Waals surface area contributed by atoms with Crippen molar-refractivity contribution >= 4 is 11.7 Å². The molecule has 0 radical (unpaired) electrons. The van der Waals surface area contributed by atoms with E-state index in [1.165, 1.54) is 18.4 Å². The number of aromatic nitrogens is 2. The Labute approximate surface area is 168 Å². The monoisotopic (exact) mass is 381 g/mol. The lowest BCUT2D eigenvalue weighted by atomic mass is 10.2. The van der Waals surface area contributed by atoms with Crippen molar-refractivity contribution in [3.8, 4) is 0 Å². The predicted molar refractivity (Wildman–Crippen MR) is 112 cm³/mol. The molecule has 1 aliphatic rings. The summed E-state index contributed by atoms with van der Waals surface area (Å²) in [7, 11) is 0. The van der Waals surface area contributed by atoms with Crippen LogP contribution in [0.3, 0.4) is 0 Å². The van der Waals surface area contributed by atoms with E-state index >= 15 is 0 Å². The van der Waals surface area contributed by atoms with E-state index in [1.54, 1.807) is 6.07 Å². The minimum atomic E-state index is 0.00136. The van der Waals surface area contributed by atoms with Gasteiger partial charge in [-0.2, -0.15) is 0 Å². The van der Waals surface area contributed by atoms with Gasteiger partial charge >= 0.3 is 0 Å². The highest BCUT2D eigenvalue weighted by Gasteiger charge is 2.23. The molecule has 1 aromatic heterocycles. The van der Waals surface area contributed by atoms with Gasteiger partial charge in [-0.15, -0.1) is 0 Å². The lowest BCUT2D eigenvalue weighted by molar-refractivity contribution is 0.0622. The maximum atomic E-state index is 12.9.